The van der Waals surface area contributed by atoms with E-state index in [1.807, 2.05) is 13.0 Å². The molecule has 1 rings (SSSR count). The molecule has 0 spiro atoms. The SMILES string of the molecule is COc1cc(Br)c(C(C)CO)c(C(C)C)c1OC. The Morgan fingerprint density at radius 2 is 1.78 bits per heavy atom. The van der Waals surface area contributed by atoms with E-state index in [-0.39, 0.29) is 18.4 Å². The number of hydrogen-bond acceptors (Lipinski definition) is 3. The minimum Gasteiger partial charge on any atom is -0.493 e. The summed E-state index contributed by atoms with van der Waals surface area (Å²) in [5.41, 5.74) is 2.18. The van der Waals surface area contributed by atoms with Gasteiger partial charge in [-0.3, -0.25) is 0 Å². The molecule has 1 atom stereocenters. The summed E-state index contributed by atoms with van der Waals surface area (Å²) in [7, 11) is 3.27. The van der Waals surface area contributed by atoms with Crippen molar-refractivity contribution >= 4 is 15.9 Å². The van der Waals surface area contributed by atoms with Crippen molar-refractivity contribution in [3.63, 3.8) is 0 Å². The normalized spacial score (nSPS) is 12.7. The van der Waals surface area contributed by atoms with Crippen LogP contribution >= 0.6 is 15.9 Å². The number of methoxy groups -OCH3 is 2. The first-order valence-corrected chi connectivity index (χ1v) is 6.82. The second kappa shape index (κ2) is 6.43. The van der Waals surface area contributed by atoms with E-state index in [2.05, 4.69) is 29.8 Å². The zero-order valence-corrected chi connectivity index (χ0v) is 13.2. The number of halogens is 1. The van der Waals surface area contributed by atoms with Crippen LogP contribution in [0.3, 0.4) is 0 Å². The molecule has 0 bridgehead atoms. The number of ether oxygens (including phenoxy) is 2. The fraction of sp³-hybridized carbons (Fsp3) is 0.571. The van der Waals surface area contributed by atoms with Crippen molar-refractivity contribution < 1.29 is 14.6 Å². The molecular weight excluding hydrogens is 296 g/mol. The lowest BCUT2D eigenvalue weighted by atomic mass is 9.89. The minimum absolute atomic E-state index is 0.0524. The standard InChI is InChI=1S/C14H21BrO3/c1-8(2)12-13(9(3)7-16)10(15)6-11(17-4)14(12)18-5/h6,8-9,16H,7H2,1-5H3. The van der Waals surface area contributed by atoms with Crippen LogP contribution in [-0.2, 0) is 0 Å². The highest BCUT2D eigenvalue weighted by Crippen LogP contribution is 2.44. The zero-order chi connectivity index (χ0) is 13.9. The van der Waals surface area contributed by atoms with Gasteiger partial charge in [-0.1, -0.05) is 36.7 Å². The molecule has 4 heteroatoms. The van der Waals surface area contributed by atoms with Crippen LogP contribution in [0.25, 0.3) is 0 Å². The van der Waals surface area contributed by atoms with Crippen LogP contribution in [-0.4, -0.2) is 25.9 Å². The number of rotatable bonds is 5. The number of aliphatic hydroxyl groups excluding tert-OH is 1. The number of hydrogen-bond donors (Lipinski definition) is 1. The molecule has 0 aliphatic carbocycles. The van der Waals surface area contributed by atoms with Gasteiger partial charge in [0.2, 0.25) is 0 Å². The minimum atomic E-state index is 0.0524. The third-order valence-electron chi connectivity index (χ3n) is 3.04. The zero-order valence-electron chi connectivity index (χ0n) is 11.6. The highest BCUT2D eigenvalue weighted by Gasteiger charge is 2.23. The molecule has 0 fully saturated rings. The highest BCUT2D eigenvalue weighted by molar-refractivity contribution is 9.10. The summed E-state index contributed by atoms with van der Waals surface area (Å²) >= 11 is 3.57. The topological polar surface area (TPSA) is 38.7 Å². The van der Waals surface area contributed by atoms with Crippen LogP contribution in [0.15, 0.2) is 10.5 Å². The van der Waals surface area contributed by atoms with E-state index in [0.717, 1.165) is 21.3 Å². The van der Waals surface area contributed by atoms with Crippen molar-refractivity contribution in [3.05, 3.63) is 21.7 Å². The Hall–Kier alpha value is -0.740. The molecule has 1 aromatic carbocycles. The average molecular weight is 317 g/mol. The number of aliphatic hydroxyl groups is 1. The highest BCUT2D eigenvalue weighted by atomic mass is 79.9. The van der Waals surface area contributed by atoms with Gasteiger partial charge in [0, 0.05) is 22.6 Å². The van der Waals surface area contributed by atoms with Gasteiger partial charge in [0.1, 0.15) is 0 Å². The molecule has 1 unspecified atom stereocenters. The molecule has 1 N–H and O–H groups in total. The van der Waals surface area contributed by atoms with Gasteiger partial charge in [0.05, 0.1) is 14.2 Å². The fourth-order valence-corrected chi connectivity index (χ4v) is 2.98. The molecule has 102 valence electrons. The van der Waals surface area contributed by atoms with E-state index in [4.69, 9.17) is 9.47 Å². The van der Waals surface area contributed by atoms with Crippen molar-refractivity contribution in [3.8, 4) is 11.5 Å². The Kier molecular flexibility index (Phi) is 5.47. The van der Waals surface area contributed by atoms with Crippen LogP contribution in [0.4, 0.5) is 0 Å². The molecule has 0 amide bonds. The van der Waals surface area contributed by atoms with E-state index >= 15 is 0 Å². The van der Waals surface area contributed by atoms with E-state index in [1.165, 1.54) is 0 Å². The van der Waals surface area contributed by atoms with Crippen molar-refractivity contribution in [2.75, 3.05) is 20.8 Å². The van der Waals surface area contributed by atoms with Gasteiger partial charge >= 0.3 is 0 Å². The Morgan fingerprint density at radius 3 is 2.17 bits per heavy atom. The van der Waals surface area contributed by atoms with Gasteiger partial charge in [-0.05, 0) is 17.5 Å². The van der Waals surface area contributed by atoms with Gasteiger partial charge in [-0.2, -0.15) is 0 Å². The molecule has 0 aromatic heterocycles. The fourth-order valence-electron chi connectivity index (χ4n) is 2.17. The molecular formula is C14H21BrO3. The summed E-state index contributed by atoms with van der Waals surface area (Å²) in [6.07, 6.45) is 0. The lowest BCUT2D eigenvalue weighted by Gasteiger charge is -2.23. The first-order valence-electron chi connectivity index (χ1n) is 6.02. The maximum absolute atomic E-state index is 9.42. The maximum atomic E-state index is 9.42. The largest absolute Gasteiger partial charge is 0.493 e. The van der Waals surface area contributed by atoms with Crippen LogP contribution in [0.2, 0.25) is 0 Å². The Bertz CT molecular complexity index is 416. The molecule has 0 saturated carbocycles. The third kappa shape index (κ3) is 2.81. The van der Waals surface area contributed by atoms with Gasteiger partial charge < -0.3 is 14.6 Å². The molecule has 0 aliphatic rings. The molecule has 0 saturated heterocycles. The van der Waals surface area contributed by atoms with Crippen LogP contribution in [0, 0.1) is 0 Å². The molecule has 0 aliphatic heterocycles. The molecule has 18 heavy (non-hydrogen) atoms. The Balaban J connectivity index is 3.59. The second-order valence-electron chi connectivity index (χ2n) is 4.66. The van der Waals surface area contributed by atoms with Crippen LogP contribution in [0.1, 0.15) is 43.7 Å². The first-order chi connectivity index (χ1) is 8.47. The van der Waals surface area contributed by atoms with Crippen molar-refractivity contribution in [1.82, 2.24) is 0 Å². The van der Waals surface area contributed by atoms with Gasteiger partial charge in [0.25, 0.3) is 0 Å². The summed E-state index contributed by atoms with van der Waals surface area (Å²) in [5.74, 6) is 1.81. The van der Waals surface area contributed by atoms with Gasteiger partial charge in [-0.25, -0.2) is 0 Å². The predicted octanol–water partition coefficient (Wildman–Crippen LogP) is 3.69. The lowest BCUT2D eigenvalue weighted by Crippen LogP contribution is -2.09. The first kappa shape index (κ1) is 15.3. The quantitative estimate of drug-likeness (QED) is 0.900. The third-order valence-corrected chi connectivity index (χ3v) is 3.70. The lowest BCUT2D eigenvalue weighted by molar-refractivity contribution is 0.271. The van der Waals surface area contributed by atoms with Crippen LogP contribution in [0.5, 0.6) is 11.5 Å². The summed E-state index contributed by atoms with van der Waals surface area (Å²) in [6, 6.07) is 1.90. The molecule has 3 nitrogen and oxygen atoms in total. The predicted molar refractivity (Wildman–Crippen MR) is 76.8 cm³/mol. The van der Waals surface area contributed by atoms with Crippen molar-refractivity contribution in [2.24, 2.45) is 0 Å². The smallest absolute Gasteiger partial charge is 0.164 e. The molecule has 0 heterocycles. The molecule has 1 aromatic rings. The van der Waals surface area contributed by atoms with E-state index in [1.54, 1.807) is 14.2 Å². The average Bonchev–Trinajstić information content (AvgIpc) is 2.36. The maximum Gasteiger partial charge on any atom is 0.164 e. The molecule has 0 radical (unpaired) electrons. The summed E-state index contributed by atoms with van der Waals surface area (Å²) in [5, 5.41) is 9.42. The second-order valence-corrected chi connectivity index (χ2v) is 5.51. The summed E-state index contributed by atoms with van der Waals surface area (Å²) in [6.45, 7) is 6.32. The van der Waals surface area contributed by atoms with Gasteiger partial charge in [-0.15, -0.1) is 0 Å². The van der Waals surface area contributed by atoms with E-state index in [0.29, 0.717) is 5.75 Å². The van der Waals surface area contributed by atoms with E-state index in [9.17, 15) is 5.11 Å². The Morgan fingerprint density at radius 1 is 1.17 bits per heavy atom. The van der Waals surface area contributed by atoms with Crippen molar-refractivity contribution in [2.45, 2.75) is 32.6 Å². The number of benzene rings is 1. The monoisotopic (exact) mass is 316 g/mol. The van der Waals surface area contributed by atoms with Crippen LogP contribution < -0.4 is 9.47 Å². The Labute approximate surface area is 117 Å². The van der Waals surface area contributed by atoms with Gasteiger partial charge in [0.15, 0.2) is 11.5 Å². The summed E-state index contributed by atoms with van der Waals surface area (Å²) < 4.78 is 11.8. The summed E-state index contributed by atoms with van der Waals surface area (Å²) in [4.78, 5) is 0. The van der Waals surface area contributed by atoms with Crippen molar-refractivity contribution in [1.29, 1.82) is 0 Å². The van der Waals surface area contributed by atoms with E-state index < -0.39 is 0 Å².